The maximum absolute atomic E-state index is 11.4. The summed E-state index contributed by atoms with van der Waals surface area (Å²) in [6.07, 6.45) is 3.28. The minimum atomic E-state index is -3.68. The number of nitrogens with two attached hydrogens (primary N) is 1. The van der Waals surface area contributed by atoms with Gasteiger partial charge < -0.3 is 4.90 Å². The van der Waals surface area contributed by atoms with Crippen molar-refractivity contribution in [2.24, 2.45) is 5.14 Å². The van der Waals surface area contributed by atoms with Gasteiger partial charge in [-0.05, 0) is 25.7 Å². The maximum Gasteiger partial charge on any atom is 0.277 e. The fourth-order valence-corrected chi connectivity index (χ4v) is 1.97. The summed E-state index contributed by atoms with van der Waals surface area (Å²) in [4.78, 5) is 5.85. The second-order valence-electron chi connectivity index (χ2n) is 4.04. The highest BCUT2D eigenvalue weighted by Gasteiger charge is 2.17. The number of aromatic nitrogens is 1. The zero-order valence-electron chi connectivity index (χ0n) is 10.1. The van der Waals surface area contributed by atoms with Crippen molar-refractivity contribution in [3.63, 3.8) is 0 Å². The lowest BCUT2D eigenvalue weighted by Gasteiger charge is -2.21. The molecule has 1 aromatic heterocycles. The van der Waals surface area contributed by atoms with E-state index < -0.39 is 10.2 Å². The van der Waals surface area contributed by atoms with E-state index in [1.54, 1.807) is 18.5 Å². The predicted molar refractivity (Wildman–Crippen MR) is 66.3 cm³/mol. The lowest BCUT2D eigenvalue weighted by molar-refractivity contribution is 0.329. The van der Waals surface area contributed by atoms with Gasteiger partial charge in [-0.2, -0.15) is 12.7 Å². The average Bonchev–Trinajstić information content (AvgIpc) is 2.23. The predicted octanol–water partition coefficient (Wildman–Crippen LogP) is -0.351. The summed E-state index contributed by atoms with van der Waals surface area (Å²) < 4.78 is 24.1. The molecule has 0 saturated heterocycles. The second kappa shape index (κ2) is 6.06. The molecule has 96 valence electrons. The van der Waals surface area contributed by atoms with Crippen molar-refractivity contribution in [1.29, 1.82) is 0 Å². The summed E-state index contributed by atoms with van der Waals surface area (Å²) in [7, 11) is 0.0808. The largest absolute Gasteiger partial charge is 0.308 e. The lowest BCUT2D eigenvalue weighted by Crippen LogP contribution is -2.40. The molecule has 0 aliphatic carbocycles. The Balaban J connectivity index is 2.72. The van der Waals surface area contributed by atoms with E-state index in [1.165, 1.54) is 4.31 Å². The zero-order valence-corrected chi connectivity index (χ0v) is 10.9. The van der Waals surface area contributed by atoms with E-state index in [2.05, 4.69) is 4.98 Å². The third kappa shape index (κ3) is 5.22. The normalized spacial score (nSPS) is 12.3. The van der Waals surface area contributed by atoms with Crippen molar-refractivity contribution < 1.29 is 8.42 Å². The molecule has 6 nitrogen and oxygen atoms in total. The Morgan fingerprint density at radius 2 is 2.06 bits per heavy atom. The molecule has 0 unspecified atom stereocenters. The molecule has 0 saturated carbocycles. The van der Waals surface area contributed by atoms with Gasteiger partial charge in [0.1, 0.15) is 0 Å². The Morgan fingerprint density at radius 1 is 1.35 bits per heavy atom. The molecular weight excluding hydrogens is 240 g/mol. The summed E-state index contributed by atoms with van der Waals surface area (Å²) in [6, 6.07) is 3.59. The lowest BCUT2D eigenvalue weighted by atomic mass is 10.3. The van der Waals surface area contributed by atoms with Crippen molar-refractivity contribution in [2.45, 2.75) is 6.54 Å². The van der Waals surface area contributed by atoms with Gasteiger partial charge in [0.15, 0.2) is 0 Å². The molecule has 2 N–H and O–H groups in total. The van der Waals surface area contributed by atoms with Crippen LogP contribution in [0, 0.1) is 0 Å². The SMILES string of the molecule is CN(C)CCN(Cc1cccnc1)S(N)(=O)=O. The van der Waals surface area contributed by atoms with Gasteiger partial charge in [-0.25, -0.2) is 5.14 Å². The van der Waals surface area contributed by atoms with Gasteiger partial charge in [-0.1, -0.05) is 6.07 Å². The number of likely N-dealkylation sites (N-methyl/N-ethyl adjacent to an activating group) is 1. The molecule has 7 heteroatoms. The highest BCUT2D eigenvalue weighted by atomic mass is 32.2. The Hall–Kier alpha value is -1.02. The van der Waals surface area contributed by atoms with Gasteiger partial charge in [0, 0.05) is 32.0 Å². The first-order valence-electron chi connectivity index (χ1n) is 5.21. The van der Waals surface area contributed by atoms with Crippen LogP contribution in [0.4, 0.5) is 0 Å². The maximum atomic E-state index is 11.4. The minimum absolute atomic E-state index is 0.251. The van der Waals surface area contributed by atoms with Crippen molar-refractivity contribution in [3.05, 3.63) is 30.1 Å². The van der Waals surface area contributed by atoms with Gasteiger partial charge in [-0.3, -0.25) is 4.98 Å². The van der Waals surface area contributed by atoms with Crippen molar-refractivity contribution in [3.8, 4) is 0 Å². The minimum Gasteiger partial charge on any atom is -0.308 e. The standard InChI is InChI=1S/C10H18N4O2S/c1-13(2)6-7-14(17(11,15)16)9-10-4-3-5-12-8-10/h3-5,8H,6-7,9H2,1-2H3,(H2,11,15,16). The fourth-order valence-electron chi connectivity index (χ4n) is 1.30. The van der Waals surface area contributed by atoms with Gasteiger partial charge in [0.25, 0.3) is 10.2 Å². The topological polar surface area (TPSA) is 79.5 Å². The molecule has 0 bridgehead atoms. The first kappa shape index (κ1) is 14.0. The Kier molecular flexibility index (Phi) is 5.01. The van der Waals surface area contributed by atoms with E-state index in [0.717, 1.165) is 5.56 Å². The molecule has 1 heterocycles. The monoisotopic (exact) mass is 258 g/mol. The molecule has 0 aromatic carbocycles. The highest BCUT2D eigenvalue weighted by Crippen LogP contribution is 2.05. The number of hydrogen-bond donors (Lipinski definition) is 1. The van der Waals surface area contributed by atoms with E-state index in [4.69, 9.17) is 5.14 Å². The number of pyridine rings is 1. The van der Waals surface area contributed by atoms with Crippen LogP contribution in [0.2, 0.25) is 0 Å². The number of hydrogen-bond acceptors (Lipinski definition) is 4. The number of nitrogens with zero attached hydrogens (tertiary/aromatic N) is 3. The van der Waals surface area contributed by atoms with E-state index in [0.29, 0.717) is 13.1 Å². The number of rotatable bonds is 6. The van der Waals surface area contributed by atoms with E-state index in [9.17, 15) is 8.42 Å². The summed E-state index contributed by atoms with van der Waals surface area (Å²) in [5, 5.41) is 5.17. The molecule has 1 rings (SSSR count). The van der Waals surface area contributed by atoms with Crippen molar-refractivity contribution in [2.75, 3.05) is 27.2 Å². The Labute approximate surface area is 102 Å². The molecule has 0 amide bonds. The summed E-state index contributed by atoms with van der Waals surface area (Å²) in [5.74, 6) is 0. The Bertz CT molecular complexity index is 433. The molecule has 0 aliphatic heterocycles. The van der Waals surface area contributed by atoms with E-state index in [1.807, 2.05) is 25.1 Å². The second-order valence-corrected chi connectivity index (χ2v) is 5.59. The van der Waals surface area contributed by atoms with Crippen LogP contribution in [0.3, 0.4) is 0 Å². The van der Waals surface area contributed by atoms with Crippen LogP contribution in [0.25, 0.3) is 0 Å². The van der Waals surface area contributed by atoms with Crippen molar-refractivity contribution >= 4 is 10.2 Å². The van der Waals surface area contributed by atoms with E-state index in [-0.39, 0.29) is 6.54 Å². The van der Waals surface area contributed by atoms with Gasteiger partial charge in [0.2, 0.25) is 0 Å². The van der Waals surface area contributed by atoms with Crippen LogP contribution >= 0.6 is 0 Å². The molecule has 0 radical (unpaired) electrons. The fraction of sp³-hybridized carbons (Fsp3) is 0.500. The van der Waals surface area contributed by atoms with Crippen LogP contribution < -0.4 is 5.14 Å². The molecule has 0 atom stereocenters. The molecule has 0 spiro atoms. The third-order valence-corrected chi connectivity index (χ3v) is 3.27. The van der Waals surface area contributed by atoms with Crippen LogP contribution in [0.1, 0.15) is 5.56 Å². The molecule has 0 aliphatic rings. The zero-order chi connectivity index (χ0) is 12.9. The molecular formula is C10H18N4O2S. The average molecular weight is 258 g/mol. The first-order chi connectivity index (χ1) is 7.89. The van der Waals surface area contributed by atoms with Gasteiger partial charge >= 0.3 is 0 Å². The molecule has 1 aromatic rings. The summed E-state index contributed by atoms with van der Waals surface area (Å²) >= 11 is 0. The first-order valence-corrected chi connectivity index (χ1v) is 6.71. The van der Waals surface area contributed by atoms with Gasteiger partial charge in [-0.15, -0.1) is 0 Å². The van der Waals surface area contributed by atoms with Crippen LogP contribution in [0.15, 0.2) is 24.5 Å². The van der Waals surface area contributed by atoms with Crippen molar-refractivity contribution in [1.82, 2.24) is 14.2 Å². The summed E-state index contributed by atoms with van der Waals surface area (Å²) in [6.45, 7) is 1.23. The molecule has 0 fully saturated rings. The Morgan fingerprint density at radius 3 is 2.53 bits per heavy atom. The summed E-state index contributed by atoms with van der Waals surface area (Å²) in [5.41, 5.74) is 0.820. The van der Waals surface area contributed by atoms with Gasteiger partial charge in [0.05, 0.1) is 0 Å². The van der Waals surface area contributed by atoms with Crippen LogP contribution in [-0.2, 0) is 16.8 Å². The van der Waals surface area contributed by atoms with Crippen LogP contribution in [-0.4, -0.2) is 49.8 Å². The highest BCUT2D eigenvalue weighted by molar-refractivity contribution is 7.86. The quantitative estimate of drug-likeness (QED) is 0.756. The molecule has 17 heavy (non-hydrogen) atoms. The smallest absolute Gasteiger partial charge is 0.277 e. The third-order valence-electron chi connectivity index (χ3n) is 2.24. The van der Waals surface area contributed by atoms with E-state index >= 15 is 0 Å². The van der Waals surface area contributed by atoms with Crippen LogP contribution in [0.5, 0.6) is 0 Å².